The van der Waals surface area contributed by atoms with Gasteiger partial charge >= 0.3 is 0 Å². The van der Waals surface area contributed by atoms with Crippen LogP contribution in [-0.4, -0.2) is 41.8 Å². The molecule has 2 heterocycles. The highest BCUT2D eigenvalue weighted by atomic mass is 15.1. The van der Waals surface area contributed by atoms with Crippen molar-refractivity contribution in [2.45, 2.75) is 12.8 Å². The Morgan fingerprint density at radius 3 is 3.06 bits per heavy atom. The SMILES string of the molecule is CN1CCC(CNc2cccc3[nH]ncc23)CC1. The summed E-state index contributed by atoms with van der Waals surface area (Å²) in [5.41, 5.74) is 2.29. The van der Waals surface area contributed by atoms with Crippen LogP contribution in [0.5, 0.6) is 0 Å². The Balaban J connectivity index is 1.64. The van der Waals surface area contributed by atoms with Gasteiger partial charge in [0.2, 0.25) is 0 Å². The van der Waals surface area contributed by atoms with E-state index in [-0.39, 0.29) is 0 Å². The van der Waals surface area contributed by atoms with Crippen molar-refractivity contribution >= 4 is 16.6 Å². The number of nitrogens with zero attached hydrogens (tertiary/aromatic N) is 2. The number of aromatic amines is 1. The van der Waals surface area contributed by atoms with Gasteiger partial charge in [0.15, 0.2) is 0 Å². The van der Waals surface area contributed by atoms with E-state index >= 15 is 0 Å². The summed E-state index contributed by atoms with van der Waals surface area (Å²) in [6.07, 6.45) is 4.49. The maximum Gasteiger partial charge on any atom is 0.0671 e. The van der Waals surface area contributed by atoms with Crippen molar-refractivity contribution in [2.75, 3.05) is 32.0 Å². The predicted molar refractivity (Wildman–Crippen MR) is 74.8 cm³/mol. The monoisotopic (exact) mass is 244 g/mol. The fourth-order valence-corrected chi connectivity index (χ4v) is 2.64. The Hall–Kier alpha value is -1.55. The lowest BCUT2D eigenvalue weighted by Crippen LogP contribution is -2.32. The highest BCUT2D eigenvalue weighted by molar-refractivity contribution is 5.90. The topological polar surface area (TPSA) is 44.0 Å². The standard InChI is InChI=1S/C14H20N4/c1-18-7-5-11(6-8-18)9-15-13-3-2-4-14-12(13)10-16-17-14/h2-4,10-11,15H,5-9H2,1H3,(H,16,17). The molecule has 2 N–H and O–H groups in total. The van der Waals surface area contributed by atoms with E-state index in [0.29, 0.717) is 0 Å². The number of anilines is 1. The lowest BCUT2D eigenvalue weighted by atomic mass is 9.97. The van der Waals surface area contributed by atoms with Crippen LogP contribution in [0.2, 0.25) is 0 Å². The molecule has 4 nitrogen and oxygen atoms in total. The lowest BCUT2D eigenvalue weighted by molar-refractivity contribution is 0.226. The number of likely N-dealkylation sites (tertiary alicyclic amines) is 1. The van der Waals surface area contributed by atoms with E-state index < -0.39 is 0 Å². The molecule has 1 saturated heterocycles. The number of hydrogen-bond donors (Lipinski definition) is 2. The van der Waals surface area contributed by atoms with Gasteiger partial charge in [-0.3, -0.25) is 5.10 Å². The fraction of sp³-hybridized carbons (Fsp3) is 0.500. The van der Waals surface area contributed by atoms with Crippen LogP contribution in [0.4, 0.5) is 5.69 Å². The Labute approximate surface area is 107 Å². The van der Waals surface area contributed by atoms with Gasteiger partial charge in [0.1, 0.15) is 0 Å². The summed E-state index contributed by atoms with van der Waals surface area (Å²) in [6, 6.07) is 6.26. The lowest BCUT2D eigenvalue weighted by Gasteiger charge is -2.29. The van der Waals surface area contributed by atoms with E-state index in [2.05, 4.69) is 45.7 Å². The molecule has 3 rings (SSSR count). The number of fused-ring (bicyclic) bond motifs is 1. The molecule has 0 amide bonds. The molecule has 0 spiro atoms. The van der Waals surface area contributed by atoms with E-state index in [1.165, 1.54) is 37.0 Å². The van der Waals surface area contributed by atoms with Crippen LogP contribution < -0.4 is 5.32 Å². The number of hydrogen-bond acceptors (Lipinski definition) is 3. The summed E-state index contributed by atoms with van der Waals surface area (Å²) in [7, 11) is 2.20. The summed E-state index contributed by atoms with van der Waals surface area (Å²) in [4.78, 5) is 2.41. The van der Waals surface area contributed by atoms with Gasteiger partial charge in [0.25, 0.3) is 0 Å². The van der Waals surface area contributed by atoms with Crippen LogP contribution in [0.25, 0.3) is 10.9 Å². The predicted octanol–water partition coefficient (Wildman–Crippen LogP) is 2.32. The first kappa shape index (κ1) is 11.5. The average Bonchev–Trinajstić information content (AvgIpc) is 2.87. The van der Waals surface area contributed by atoms with Crippen molar-refractivity contribution in [1.82, 2.24) is 15.1 Å². The number of aromatic nitrogens is 2. The van der Waals surface area contributed by atoms with Crippen LogP contribution in [0.3, 0.4) is 0 Å². The molecule has 4 heteroatoms. The van der Waals surface area contributed by atoms with E-state index in [9.17, 15) is 0 Å². The van der Waals surface area contributed by atoms with Crippen molar-refractivity contribution in [3.63, 3.8) is 0 Å². The van der Waals surface area contributed by atoms with Crippen LogP contribution in [0.1, 0.15) is 12.8 Å². The zero-order valence-corrected chi connectivity index (χ0v) is 10.8. The number of rotatable bonds is 3. The molecule has 0 unspecified atom stereocenters. The molecule has 1 aliphatic heterocycles. The van der Waals surface area contributed by atoms with Gasteiger partial charge in [-0.1, -0.05) is 6.07 Å². The molecule has 1 aromatic heterocycles. The Morgan fingerprint density at radius 2 is 2.22 bits per heavy atom. The van der Waals surface area contributed by atoms with E-state index in [0.717, 1.165) is 18.0 Å². The minimum atomic E-state index is 0.795. The molecule has 2 aromatic rings. The second-order valence-electron chi connectivity index (χ2n) is 5.26. The Morgan fingerprint density at radius 1 is 1.39 bits per heavy atom. The molecule has 0 aliphatic carbocycles. The minimum absolute atomic E-state index is 0.795. The Bertz CT molecular complexity index is 511. The number of piperidine rings is 1. The average molecular weight is 244 g/mol. The van der Waals surface area contributed by atoms with Gasteiger partial charge < -0.3 is 10.2 Å². The van der Waals surface area contributed by atoms with E-state index in [1.54, 1.807) is 0 Å². The quantitative estimate of drug-likeness (QED) is 0.871. The third-order valence-corrected chi connectivity index (χ3v) is 3.90. The molecule has 0 atom stereocenters. The molecule has 96 valence electrons. The largest absolute Gasteiger partial charge is 0.384 e. The van der Waals surface area contributed by atoms with Gasteiger partial charge in [-0.05, 0) is 51.0 Å². The highest BCUT2D eigenvalue weighted by Crippen LogP contribution is 2.23. The summed E-state index contributed by atoms with van der Waals surface area (Å²) >= 11 is 0. The molecule has 1 aliphatic rings. The zero-order valence-electron chi connectivity index (χ0n) is 10.8. The van der Waals surface area contributed by atoms with Gasteiger partial charge in [-0.25, -0.2) is 0 Å². The second-order valence-corrected chi connectivity index (χ2v) is 5.26. The molecular weight excluding hydrogens is 224 g/mol. The molecular formula is C14H20N4. The number of nitrogens with one attached hydrogen (secondary N) is 2. The van der Waals surface area contributed by atoms with Crippen LogP contribution in [-0.2, 0) is 0 Å². The summed E-state index contributed by atoms with van der Waals surface area (Å²) in [5, 5.41) is 11.9. The maximum atomic E-state index is 4.09. The van der Waals surface area contributed by atoms with E-state index in [1.807, 2.05) is 6.20 Å². The summed E-state index contributed by atoms with van der Waals surface area (Å²) in [5.74, 6) is 0.795. The van der Waals surface area contributed by atoms with Crippen LogP contribution >= 0.6 is 0 Å². The minimum Gasteiger partial charge on any atom is -0.384 e. The molecule has 0 radical (unpaired) electrons. The highest BCUT2D eigenvalue weighted by Gasteiger charge is 2.16. The first-order valence-corrected chi connectivity index (χ1v) is 6.67. The third-order valence-electron chi connectivity index (χ3n) is 3.90. The summed E-state index contributed by atoms with van der Waals surface area (Å²) in [6.45, 7) is 3.52. The van der Waals surface area contributed by atoms with Gasteiger partial charge in [0.05, 0.1) is 11.7 Å². The van der Waals surface area contributed by atoms with E-state index in [4.69, 9.17) is 0 Å². The van der Waals surface area contributed by atoms with Crippen molar-refractivity contribution in [1.29, 1.82) is 0 Å². The van der Waals surface area contributed by atoms with Gasteiger partial charge in [-0.15, -0.1) is 0 Å². The van der Waals surface area contributed by atoms with Crippen molar-refractivity contribution in [3.05, 3.63) is 24.4 Å². The Kier molecular flexibility index (Phi) is 3.19. The van der Waals surface area contributed by atoms with Gasteiger partial charge in [0, 0.05) is 17.6 Å². The normalized spacial score (nSPS) is 18.3. The maximum absolute atomic E-state index is 4.09. The summed E-state index contributed by atoms with van der Waals surface area (Å²) < 4.78 is 0. The first-order chi connectivity index (χ1) is 8.83. The van der Waals surface area contributed by atoms with Crippen molar-refractivity contribution < 1.29 is 0 Å². The smallest absolute Gasteiger partial charge is 0.0671 e. The molecule has 0 saturated carbocycles. The van der Waals surface area contributed by atoms with Gasteiger partial charge in [-0.2, -0.15) is 5.10 Å². The molecule has 1 aromatic carbocycles. The van der Waals surface area contributed by atoms with Crippen molar-refractivity contribution in [2.24, 2.45) is 5.92 Å². The first-order valence-electron chi connectivity index (χ1n) is 6.67. The second kappa shape index (κ2) is 4.98. The zero-order chi connectivity index (χ0) is 12.4. The fourth-order valence-electron chi connectivity index (χ4n) is 2.64. The molecule has 1 fully saturated rings. The number of benzene rings is 1. The third kappa shape index (κ3) is 2.34. The molecule has 0 bridgehead atoms. The van der Waals surface area contributed by atoms with Crippen LogP contribution in [0, 0.1) is 5.92 Å². The van der Waals surface area contributed by atoms with Crippen molar-refractivity contribution in [3.8, 4) is 0 Å². The van der Waals surface area contributed by atoms with Crippen LogP contribution in [0.15, 0.2) is 24.4 Å². The number of H-pyrrole nitrogens is 1. The molecule has 18 heavy (non-hydrogen) atoms.